The van der Waals surface area contributed by atoms with Crippen molar-refractivity contribution < 1.29 is 18.7 Å². The third-order valence-electron chi connectivity index (χ3n) is 2.02. The van der Waals surface area contributed by atoms with Gasteiger partial charge in [-0.2, -0.15) is 0 Å². The van der Waals surface area contributed by atoms with Crippen LogP contribution in [0.4, 0.5) is 14.9 Å². The average Bonchev–Trinajstić information content (AvgIpc) is 2.30. The first-order valence-corrected chi connectivity index (χ1v) is 6.69. The number of alkyl carbamates (subject to hydrolysis) is 1. The number of hydrogen-bond acceptors (Lipinski definition) is 3. The Morgan fingerprint density at radius 3 is 2.60 bits per heavy atom. The minimum atomic E-state index is -0.706. The second kappa shape index (κ2) is 6.69. The highest BCUT2D eigenvalue weighted by Crippen LogP contribution is 2.22. The van der Waals surface area contributed by atoms with E-state index >= 15 is 0 Å². The molecule has 1 aromatic carbocycles. The Balaban J connectivity index is 2.49. The van der Waals surface area contributed by atoms with Crippen LogP contribution >= 0.6 is 15.9 Å². The lowest BCUT2D eigenvalue weighted by Gasteiger charge is -2.19. The molecule has 0 heterocycles. The maximum Gasteiger partial charge on any atom is 0.408 e. The highest BCUT2D eigenvalue weighted by Gasteiger charge is 2.17. The molecule has 0 fully saturated rings. The number of carbonyl (C=O) groups excluding carboxylic acids is 2. The number of hydrogen-bond donors (Lipinski definition) is 2. The molecule has 7 heteroatoms. The fraction of sp³-hybridized carbons (Fsp3) is 0.385. The lowest BCUT2D eigenvalue weighted by atomic mass is 10.2. The topological polar surface area (TPSA) is 67.4 Å². The van der Waals surface area contributed by atoms with Crippen molar-refractivity contribution in [3.8, 4) is 0 Å². The second-order valence-corrected chi connectivity index (χ2v) is 5.86. The van der Waals surface area contributed by atoms with E-state index in [2.05, 4.69) is 26.6 Å². The summed E-state index contributed by atoms with van der Waals surface area (Å²) in [5.74, 6) is -1.12. The molecular formula is C13H16BrFN2O3. The van der Waals surface area contributed by atoms with Crippen molar-refractivity contribution in [2.24, 2.45) is 0 Å². The van der Waals surface area contributed by atoms with Crippen LogP contribution in [0.25, 0.3) is 0 Å². The monoisotopic (exact) mass is 346 g/mol. The maximum absolute atomic E-state index is 13.6. The molecule has 5 nitrogen and oxygen atoms in total. The zero-order chi connectivity index (χ0) is 15.3. The van der Waals surface area contributed by atoms with Gasteiger partial charge in [-0.1, -0.05) is 6.07 Å². The van der Waals surface area contributed by atoms with E-state index in [1.165, 1.54) is 12.1 Å². The fourth-order valence-corrected chi connectivity index (χ4v) is 1.63. The van der Waals surface area contributed by atoms with Crippen LogP contribution in [0.2, 0.25) is 0 Å². The van der Waals surface area contributed by atoms with Gasteiger partial charge in [0.25, 0.3) is 0 Å². The van der Waals surface area contributed by atoms with Crippen LogP contribution in [-0.4, -0.2) is 24.1 Å². The first-order chi connectivity index (χ1) is 9.19. The van der Waals surface area contributed by atoms with Crippen molar-refractivity contribution in [1.29, 1.82) is 0 Å². The Morgan fingerprint density at radius 1 is 1.35 bits per heavy atom. The van der Waals surface area contributed by atoms with Crippen molar-refractivity contribution in [1.82, 2.24) is 5.32 Å². The summed E-state index contributed by atoms with van der Waals surface area (Å²) in [6.45, 7) is 4.83. The molecule has 0 radical (unpaired) electrons. The van der Waals surface area contributed by atoms with Crippen LogP contribution < -0.4 is 10.6 Å². The third-order valence-corrected chi connectivity index (χ3v) is 2.63. The number of ether oxygens (including phenoxy) is 1. The van der Waals surface area contributed by atoms with Crippen LogP contribution in [0.1, 0.15) is 20.8 Å². The van der Waals surface area contributed by atoms with E-state index < -0.39 is 23.4 Å². The summed E-state index contributed by atoms with van der Waals surface area (Å²) >= 11 is 3.02. The van der Waals surface area contributed by atoms with Crippen molar-refractivity contribution in [3.63, 3.8) is 0 Å². The van der Waals surface area contributed by atoms with Gasteiger partial charge >= 0.3 is 6.09 Å². The van der Waals surface area contributed by atoms with Crippen molar-refractivity contribution in [2.75, 3.05) is 11.9 Å². The number of benzene rings is 1. The van der Waals surface area contributed by atoms with Gasteiger partial charge < -0.3 is 15.4 Å². The van der Waals surface area contributed by atoms with Crippen molar-refractivity contribution in [3.05, 3.63) is 28.5 Å². The average molecular weight is 347 g/mol. The second-order valence-electron chi connectivity index (χ2n) is 5.01. The predicted molar refractivity (Wildman–Crippen MR) is 77.0 cm³/mol. The largest absolute Gasteiger partial charge is 0.444 e. The summed E-state index contributed by atoms with van der Waals surface area (Å²) in [6, 6.07) is 4.53. The number of amides is 2. The van der Waals surface area contributed by atoms with E-state index in [9.17, 15) is 14.0 Å². The standard InChI is InChI=1S/C13H16BrFN2O3/c1-13(2,3)20-12(19)16-7-10(18)17-9-6-4-5-8(14)11(9)15/h4-6H,7H2,1-3H3,(H,16,19)(H,17,18). The quantitative estimate of drug-likeness (QED) is 0.883. The molecule has 0 aromatic heterocycles. The van der Waals surface area contributed by atoms with E-state index in [1.54, 1.807) is 26.8 Å². The minimum Gasteiger partial charge on any atom is -0.444 e. The lowest BCUT2D eigenvalue weighted by Crippen LogP contribution is -2.37. The Bertz CT molecular complexity index is 515. The first kappa shape index (κ1) is 16.4. The van der Waals surface area contributed by atoms with Gasteiger partial charge in [0.15, 0.2) is 5.82 Å². The number of halogens is 2. The minimum absolute atomic E-state index is 0.0374. The van der Waals surface area contributed by atoms with Gasteiger partial charge in [0.2, 0.25) is 5.91 Å². The summed E-state index contributed by atoms with van der Waals surface area (Å²) in [6.07, 6.45) is -0.706. The summed E-state index contributed by atoms with van der Waals surface area (Å²) in [5.41, 5.74) is -0.605. The molecular weight excluding hydrogens is 331 g/mol. The van der Waals surface area contributed by atoms with Gasteiger partial charge in [-0.05, 0) is 48.8 Å². The van der Waals surface area contributed by atoms with Crippen LogP contribution in [-0.2, 0) is 9.53 Å². The molecule has 0 aliphatic carbocycles. The van der Waals surface area contributed by atoms with Gasteiger partial charge in [0.05, 0.1) is 10.2 Å². The van der Waals surface area contributed by atoms with Crippen molar-refractivity contribution in [2.45, 2.75) is 26.4 Å². The molecule has 0 atom stereocenters. The molecule has 0 bridgehead atoms. The van der Waals surface area contributed by atoms with E-state index in [-0.39, 0.29) is 16.7 Å². The summed E-state index contributed by atoms with van der Waals surface area (Å²) in [4.78, 5) is 22.9. The Kier molecular flexibility index (Phi) is 5.50. The molecule has 0 saturated carbocycles. The van der Waals surface area contributed by atoms with Crippen LogP contribution in [0.3, 0.4) is 0 Å². The van der Waals surface area contributed by atoms with Crippen LogP contribution in [0, 0.1) is 5.82 Å². The normalized spacial score (nSPS) is 10.8. The van der Waals surface area contributed by atoms with Gasteiger partial charge in [0.1, 0.15) is 12.1 Å². The highest BCUT2D eigenvalue weighted by atomic mass is 79.9. The molecule has 2 amide bonds. The SMILES string of the molecule is CC(C)(C)OC(=O)NCC(=O)Nc1cccc(Br)c1F. The van der Waals surface area contributed by atoms with Crippen molar-refractivity contribution >= 4 is 33.6 Å². The fourth-order valence-electron chi connectivity index (χ4n) is 1.26. The predicted octanol–water partition coefficient (Wildman–Crippen LogP) is 3.05. The molecule has 110 valence electrons. The zero-order valence-electron chi connectivity index (χ0n) is 11.4. The summed E-state index contributed by atoms with van der Waals surface area (Å²) < 4.78 is 18.8. The lowest BCUT2D eigenvalue weighted by molar-refractivity contribution is -0.115. The molecule has 20 heavy (non-hydrogen) atoms. The van der Waals surface area contributed by atoms with E-state index in [0.29, 0.717) is 0 Å². The molecule has 1 aromatic rings. The molecule has 0 aliphatic heterocycles. The van der Waals surface area contributed by atoms with E-state index in [1.807, 2.05) is 0 Å². The van der Waals surface area contributed by atoms with Gasteiger partial charge in [0, 0.05) is 0 Å². The zero-order valence-corrected chi connectivity index (χ0v) is 13.0. The number of anilines is 1. The van der Waals surface area contributed by atoms with E-state index in [4.69, 9.17) is 4.74 Å². The Labute approximate surface area is 125 Å². The number of carbonyl (C=O) groups is 2. The summed E-state index contributed by atoms with van der Waals surface area (Å²) in [7, 11) is 0. The van der Waals surface area contributed by atoms with Gasteiger partial charge in [-0.25, -0.2) is 9.18 Å². The maximum atomic E-state index is 13.6. The van der Waals surface area contributed by atoms with E-state index in [0.717, 1.165) is 0 Å². The molecule has 0 spiro atoms. The number of nitrogens with one attached hydrogen (secondary N) is 2. The molecule has 1 rings (SSSR count). The third kappa shape index (κ3) is 5.56. The number of rotatable bonds is 3. The smallest absolute Gasteiger partial charge is 0.408 e. The Morgan fingerprint density at radius 2 is 2.00 bits per heavy atom. The molecule has 0 saturated heterocycles. The van der Waals surface area contributed by atoms with Gasteiger partial charge in [-0.3, -0.25) is 4.79 Å². The van der Waals surface area contributed by atoms with Crippen LogP contribution in [0.15, 0.2) is 22.7 Å². The molecule has 2 N–H and O–H groups in total. The molecule has 0 unspecified atom stereocenters. The first-order valence-electron chi connectivity index (χ1n) is 5.90. The van der Waals surface area contributed by atoms with Gasteiger partial charge in [-0.15, -0.1) is 0 Å². The summed E-state index contributed by atoms with van der Waals surface area (Å²) in [5, 5.41) is 4.64. The highest BCUT2D eigenvalue weighted by molar-refractivity contribution is 9.10. The molecule has 0 aliphatic rings. The Hall–Kier alpha value is -1.63. The van der Waals surface area contributed by atoms with Crippen LogP contribution in [0.5, 0.6) is 0 Å².